The van der Waals surface area contributed by atoms with Gasteiger partial charge in [0.15, 0.2) is 0 Å². The Morgan fingerprint density at radius 3 is 2.20 bits per heavy atom. The van der Waals surface area contributed by atoms with Gasteiger partial charge in [0.05, 0.1) is 0 Å². The number of rotatable bonds is 3. The largest absolute Gasteiger partial charge is 0.317 e. The summed E-state index contributed by atoms with van der Waals surface area (Å²) >= 11 is 0. The van der Waals surface area contributed by atoms with Gasteiger partial charge >= 0.3 is 0 Å². The van der Waals surface area contributed by atoms with Crippen molar-refractivity contribution in [2.45, 2.75) is 34.1 Å². The molecule has 0 bridgehead atoms. The lowest BCUT2D eigenvalue weighted by Gasteiger charge is -2.26. The third-order valence-corrected chi connectivity index (χ3v) is 2.43. The lowest BCUT2D eigenvalue weighted by molar-refractivity contribution is 0.238. The Balaban J connectivity index is 3.77. The standard InChI is InChI=1S/C9H17N/c1-8(2)9(3,4)6-7-10-5/h8H,6-7H2,1-4H3. The van der Waals surface area contributed by atoms with Crippen molar-refractivity contribution in [1.82, 2.24) is 0 Å². The van der Waals surface area contributed by atoms with Gasteiger partial charge in [-0.15, -0.1) is 0 Å². The Bertz CT molecular complexity index is 128. The van der Waals surface area contributed by atoms with Crippen LogP contribution in [-0.4, -0.2) is 6.54 Å². The highest BCUT2D eigenvalue weighted by atomic mass is 14.6. The fourth-order valence-electron chi connectivity index (χ4n) is 0.633. The van der Waals surface area contributed by atoms with Crippen LogP contribution in [0.2, 0.25) is 0 Å². The summed E-state index contributed by atoms with van der Waals surface area (Å²) in [7, 11) is 0. The fourth-order valence-corrected chi connectivity index (χ4v) is 0.633. The van der Waals surface area contributed by atoms with Gasteiger partial charge in [-0.25, -0.2) is 6.57 Å². The van der Waals surface area contributed by atoms with E-state index in [-0.39, 0.29) is 0 Å². The average Bonchev–Trinajstić information content (AvgIpc) is 1.84. The maximum absolute atomic E-state index is 6.65. The molecular formula is C9H17N. The fraction of sp³-hybridized carbons (Fsp3) is 0.889. The van der Waals surface area contributed by atoms with E-state index < -0.39 is 0 Å². The zero-order valence-electron chi connectivity index (χ0n) is 7.44. The molecule has 0 aliphatic carbocycles. The molecule has 0 fully saturated rings. The van der Waals surface area contributed by atoms with E-state index in [4.69, 9.17) is 6.57 Å². The van der Waals surface area contributed by atoms with Crippen LogP contribution in [0.1, 0.15) is 34.1 Å². The van der Waals surface area contributed by atoms with Gasteiger partial charge in [0.1, 0.15) is 0 Å². The van der Waals surface area contributed by atoms with Gasteiger partial charge < -0.3 is 4.85 Å². The predicted octanol–water partition coefficient (Wildman–Crippen LogP) is 2.98. The second-order valence-corrected chi connectivity index (χ2v) is 3.78. The van der Waals surface area contributed by atoms with Crippen molar-refractivity contribution in [3.63, 3.8) is 0 Å². The van der Waals surface area contributed by atoms with Gasteiger partial charge in [-0.05, 0) is 11.3 Å². The summed E-state index contributed by atoms with van der Waals surface area (Å²) in [5.41, 5.74) is 0.338. The van der Waals surface area contributed by atoms with E-state index in [1.54, 1.807) is 0 Å². The Hall–Kier alpha value is -0.510. The average molecular weight is 139 g/mol. The van der Waals surface area contributed by atoms with E-state index in [2.05, 4.69) is 32.5 Å². The quantitative estimate of drug-likeness (QED) is 0.529. The molecule has 0 N–H and O–H groups in total. The van der Waals surface area contributed by atoms with Gasteiger partial charge in [-0.3, -0.25) is 0 Å². The van der Waals surface area contributed by atoms with Gasteiger partial charge in [0.2, 0.25) is 6.54 Å². The van der Waals surface area contributed by atoms with Crippen molar-refractivity contribution in [2.75, 3.05) is 6.54 Å². The molecule has 0 aromatic heterocycles. The SMILES string of the molecule is [C-]#[N+]CCC(C)(C)C(C)C. The van der Waals surface area contributed by atoms with E-state index in [9.17, 15) is 0 Å². The molecule has 0 aromatic carbocycles. The van der Waals surface area contributed by atoms with Crippen molar-refractivity contribution in [3.8, 4) is 0 Å². The van der Waals surface area contributed by atoms with Crippen LogP contribution in [0.15, 0.2) is 0 Å². The molecule has 0 aliphatic heterocycles. The van der Waals surface area contributed by atoms with Crippen LogP contribution in [0.3, 0.4) is 0 Å². The zero-order valence-corrected chi connectivity index (χ0v) is 7.44. The highest BCUT2D eigenvalue weighted by molar-refractivity contribution is 4.76. The van der Waals surface area contributed by atoms with E-state index in [1.165, 1.54) is 0 Å². The minimum atomic E-state index is 0.338. The Morgan fingerprint density at radius 1 is 1.40 bits per heavy atom. The smallest absolute Gasteiger partial charge is 0.215 e. The third kappa shape index (κ3) is 2.87. The predicted molar refractivity (Wildman–Crippen MR) is 44.7 cm³/mol. The number of nitrogens with zero attached hydrogens (tertiary/aromatic N) is 1. The molecule has 1 nitrogen and oxygen atoms in total. The van der Waals surface area contributed by atoms with Crippen LogP contribution < -0.4 is 0 Å². The summed E-state index contributed by atoms with van der Waals surface area (Å²) in [5.74, 6) is 0.675. The lowest BCUT2D eigenvalue weighted by Crippen LogP contribution is -2.19. The van der Waals surface area contributed by atoms with Gasteiger partial charge in [-0.2, -0.15) is 0 Å². The van der Waals surface area contributed by atoms with E-state index in [0.717, 1.165) is 6.42 Å². The molecule has 0 aromatic rings. The van der Waals surface area contributed by atoms with Crippen molar-refractivity contribution in [2.24, 2.45) is 11.3 Å². The molecule has 0 unspecified atom stereocenters. The molecule has 0 saturated heterocycles. The highest BCUT2D eigenvalue weighted by Gasteiger charge is 2.22. The van der Waals surface area contributed by atoms with Crippen molar-refractivity contribution in [3.05, 3.63) is 11.4 Å². The monoisotopic (exact) mass is 139 g/mol. The maximum atomic E-state index is 6.65. The second kappa shape index (κ2) is 3.61. The Kier molecular flexibility index (Phi) is 3.42. The van der Waals surface area contributed by atoms with Gasteiger partial charge in [0.25, 0.3) is 0 Å². The van der Waals surface area contributed by atoms with Crippen LogP contribution >= 0.6 is 0 Å². The molecule has 0 radical (unpaired) electrons. The molecule has 0 aliphatic rings. The summed E-state index contributed by atoms with van der Waals surface area (Å²) in [6.07, 6.45) is 1.02. The lowest BCUT2D eigenvalue weighted by atomic mass is 9.78. The normalized spacial score (nSPS) is 11.6. The first-order chi connectivity index (χ1) is 4.50. The molecule has 0 amide bonds. The number of hydrogen-bond donors (Lipinski definition) is 0. The molecule has 0 saturated carbocycles. The molecule has 0 spiro atoms. The van der Waals surface area contributed by atoms with Crippen LogP contribution in [0.4, 0.5) is 0 Å². The van der Waals surface area contributed by atoms with E-state index in [0.29, 0.717) is 17.9 Å². The highest BCUT2D eigenvalue weighted by Crippen LogP contribution is 2.29. The zero-order chi connectivity index (χ0) is 8.20. The molecule has 10 heavy (non-hydrogen) atoms. The summed E-state index contributed by atoms with van der Waals surface area (Å²) in [6, 6.07) is 0. The first-order valence-corrected chi connectivity index (χ1v) is 3.84. The molecular weight excluding hydrogens is 122 g/mol. The summed E-state index contributed by atoms with van der Waals surface area (Å²) in [5, 5.41) is 0. The van der Waals surface area contributed by atoms with E-state index >= 15 is 0 Å². The molecule has 0 atom stereocenters. The second-order valence-electron chi connectivity index (χ2n) is 3.78. The van der Waals surface area contributed by atoms with Crippen molar-refractivity contribution < 1.29 is 0 Å². The summed E-state index contributed by atoms with van der Waals surface area (Å²) in [6.45, 7) is 16.2. The van der Waals surface area contributed by atoms with Crippen LogP contribution in [0, 0.1) is 17.9 Å². The maximum Gasteiger partial charge on any atom is 0.215 e. The molecule has 58 valence electrons. The van der Waals surface area contributed by atoms with Crippen LogP contribution in [0.5, 0.6) is 0 Å². The molecule has 1 heteroatoms. The topological polar surface area (TPSA) is 4.36 Å². The first kappa shape index (κ1) is 9.49. The minimum Gasteiger partial charge on any atom is -0.317 e. The van der Waals surface area contributed by atoms with E-state index in [1.807, 2.05) is 0 Å². The minimum absolute atomic E-state index is 0.338. The van der Waals surface area contributed by atoms with Gasteiger partial charge in [-0.1, -0.05) is 27.7 Å². The Morgan fingerprint density at radius 2 is 1.90 bits per heavy atom. The summed E-state index contributed by atoms with van der Waals surface area (Å²) in [4.78, 5) is 3.35. The number of hydrogen-bond acceptors (Lipinski definition) is 0. The molecule has 0 rings (SSSR count). The first-order valence-electron chi connectivity index (χ1n) is 3.84. The van der Waals surface area contributed by atoms with Crippen molar-refractivity contribution >= 4 is 0 Å². The Labute approximate surface area is 64.3 Å². The van der Waals surface area contributed by atoms with Gasteiger partial charge in [0, 0.05) is 6.42 Å². The van der Waals surface area contributed by atoms with Crippen molar-refractivity contribution in [1.29, 1.82) is 0 Å². The molecule has 0 heterocycles. The summed E-state index contributed by atoms with van der Waals surface area (Å²) < 4.78 is 0. The third-order valence-electron chi connectivity index (χ3n) is 2.43. The van der Waals surface area contributed by atoms with Crippen LogP contribution in [-0.2, 0) is 0 Å². The van der Waals surface area contributed by atoms with Crippen LogP contribution in [0.25, 0.3) is 4.85 Å².